The van der Waals surface area contributed by atoms with Crippen molar-refractivity contribution in [3.05, 3.63) is 59.7 Å². The van der Waals surface area contributed by atoms with Crippen LogP contribution in [0.3, 0.4) is 0 Å². The molecule has 1 atom stereocenters. The van der Waals surface area contributed by atoms with E-state index in [0.29, 0.717) is 11.1 Å². The molecule has 0 fully saturated rings. The minimum atomic E-state index is -1.37. The summed E-state index contributed by atoms with van der Waals surface area (Å²) >= 11 is 0. The van der Waals surface area contributed by atoms with E-state index < -0.39 is 23.5 Å². The van der Waals surface area contributed by atoms with Crippen LogP contribution in [0, 0.1) is 5.92 Å². The fourth-order valence-electron chi connectivity index (χ4n) is 4.52. The van der Waals surface area contributed by atoms with Crippen molar-refractivity contribution in [1.82, 2.24) is 0 Å². The molecular formula is C31H44O6. The molecule has 6 heteroatoms. The molecule has 0 radical (unpaired) electrons. The van der Waals surface area contributed by atoms with Crippen LogP contribution in [0.5, 0.6) is 0 Å². The molecule has 1 N–H and O–H groups in total. The van der Waals surface area contributed by atoms with Crippen LogP contribution in [0.1, 0.15) is 114 Å². The third kappa shape index (κ3) is 9.83. The minimum absolute atomic E-state index is 0.241. The summed E-state index contributed by atoms with van der Waals surface area (Å²) in [4.78, 5) is 37.6. The van der Waals surface area contributed by atoms with Crippen LogP contribution in [0.25, 0.3) is 0 Å². The standard InChI is InChI=1S/C31H44O6/c1-4-6-8-9-10-11-12-13-19-28(32)37-31(22-20-25(21-23-31)29(33)34)27-18-15-14-17-26(27)30(35)36-24(3)16-7-5-2/h14-15,17-18,20-25H,4-13,16,19H2,1-3H3,(H,33,34)/t24-,25?,31?/m1/s1. The Hall–Kier alpha value is -2.89. The smallest absolute Gasteiger partial charge is 0.338 e. The van der Waals surface area contributed by atoms with E-state index in [0.717, 1.165) is 38.5 Å². The normalized spacial score (nSPS) is 19.4. The van der Waals surface area contributed by atoms with Crippen molar-refractivity contribution in [3.63, 3.8) is 0 Å². The highest BCUT2D eigenvalue weighted by Crippen LogP contribution is 2.36. The number of hydrogen-bond acceptors (Lipinski definition) is 5. The summed E-state index contributed by atoms with van der Waals surface area (Å²) in [5.74, 6) is -2.69. The van der Waals surface area contributed by atoms with Gasteiger partial charge in [-0.3, -0.25) is 9.59 Å². The largest absolute Gasteiger partial charge is 0.481 e. The maximum absolute atomic E-state index is 13.1. The molecule has 6 nitrogen and oxygen atoms in total. The van der Waals surface area contributed by atoms with Crippen molar-refractivity contribution in [1.29, 1.82) is 0 Å². The van der Waals surface area contributed by atoms with Gasteiger partial charge in [-0.1, -0.05) is 102 Å². The third-order valence-electron chi connectivity index (χ3n) is 6.75. The highest BCUT2D eigenvalue weighted by atomic mass is 16.6. The van der Waals surface area contributed by atoms with E-state index in [1.54, 1.807) is 36.4 Å². The molecule has 0 saturated carbocycles. The predicted octanol–water partition coefficient (Wildman–Crippen LogP) is 7.52. The first-order chi connectivity index (χ1) is 17.8. The van der Waals surface area contributed by atoms with E-state index in [9.17, 15) is 19.5 Å². The topological polar surface area (TPSA) is 89.9 Å². The molecule has 1 aliphatic rings. The lowest BCUT2D eigenvalue weighted by Crippen LogP contribution is -2.33. The molecule has 37 heavy (non-hydrogen) atoms. The summed E-state index contributed by atoms with van der Waals surface area (Å²) in [6.07, 6.45) is 17.8. The number of rotatable bonds is 17. The Bertz CT molecular complexity index is 917. The summed E-state index contributed by atoms with van der Waals surface area (Å²) in [6.45, 7) is 6.15. The number of esters is 2. The Morgan fingerprint density at radius 2 is 1.49 bits per heavy atom. The van der Waals surface area contributed by atoms with Gasteiger partial charge in [-0.05, 0) is 38.0 Å². The Labute approximate surface area is 222 Å². The fourth-order valence-corrected chi connectivity index (χ4v) is 4.52. The van der Waals surface area contributed by atoms with Crippen LogP contribution in [-0.2, 0) is 24.7 Å². The second-order valence-electron chi connectivity index (χ2n) is 9.98. The maximum atomic E-state index is 13.1. The highest BCUT2D eigenvalue weighted by Gasteiger charge is 2.38. The van der Waals surface area contributed by atoms with Crippen LogP contribution in [0.15, 0.2) is 48.6 Å². The Kier molecular flexibility index (Phi) is 13.2. The van der Waals surface area contributed by atoms with E-state index >= 15 is 0 Å². The van der Waals surface area contributed by atoms with Gasteiger partial charge in [0.05, 0.1) is 17.6 Å². The van der Waals surface area contributed by atoms with Crippen molar-refractivity contribution in [2.24, 2.45) is 5.92 Å². The molecule has 0 spiro atoms. The highest BCUT2D eigenvalue weighted by molar-refractivity contribution is 5.92. The van der Waals surface area contributed by atoms with Crippen LogP contribution in [0.4, 0.5) is 0 Å². The molecule has 2 rings (SSSR count). The average molecular weight is 513 g/mol. The zero-order chi connectivity index (χ0) is 27.1. The third-order valence-corrected chi connectivity index (χ3v) is 6.75. The molecule has 0 unspecified atom stereocenters. The summed E-state index contributed by atoms with van der Waals surface area (Å²) in [6, 6.07) is 6.89. The lowest BCUT2D eigenvalue weighted by atomic mass is 9.83. The van der Waals surface area contributed by atoms with E-state index in [4.69, 9.17) is 9.47 Å². The van der Waals surface area contributed by atoms with E-state index in [-0.39, 0.29) is 18.5 Å². The van der Waals surface area contributed by atoms with Gasteiger partial charge in [-0.25, -0.2) is 4.79 Å². The number of ether oxygens (including phenoxy) is 2. The van der Waals surface area contributed by atoms with Crippen molar-refractivity contribution in [3.8, 4) is 0 Å². The Morgan fingerprint density at radius 1 is 0.892 bits per heavy atom. The van der Waals surface area contributed by atoms with Gasteiger partial charge in [0.25, 0.3) is 0 Å². The van der Waals surface area contributed by atoms with Crippen molar-refractivity contribution in [2.45, 2.75) is 110 Å². The van der Waals surface area contributed by atoms with Crippen molar-refractivity contribution < 1.29 is 29.0 Å². The second kappa shape index (κ2) is 16.1. The SMILES string of the molecule is CCCCCCCCCCC(=O)OC1(c2ccccc2C(=O)O[C@H](C)CCCC)C=CC(C(=O)O)C=C1. The van der Waals surface area contributed by atoms with Gasteiger partial charge in [-0.15, -0.1) is 0 Å². The molecule has 1 aromatic carbocycles. The minimum Gasteiger partial charge on any atom is -0.481 e. The molecular weight excluding hydrogens is 468 g/mol. The number of carboxylic acid groups (broad SMARTS) is 1. The molecule has 0 heterocycles. The summed E-state index contributed by atoms with van der Waals surface area (Å²) in [5.41, 5.74) is -0.608. The van der Waals surface area contributed by atoms with Crippen LogP contribution < -0.4 is 0 Å². The molecule has 0 aliphatic heterocycles. The van der Waals surface area contributed by atoms with Gasteiger partial charge >= 0.3 is 17.9 Å². The zero-order valence-electron chi connectivity index (χ0n) is 22.7. The maximum Gasteiger partial charge on any atom is 0.338 e. The number of carbonyl (C=O) groups is 3. The Morgan fingerprint density at radius 3 is 2.11 bits per heavy atom. The first-order valence-corrected chi connectivity index (χ1v) is 14.0. The van der Waals surface area contributed by atoms with E-state index in [2.05, 4.69) is 13.8 Å². The zero-order valence-corrected chi connectivity index (χ0v) is 22.7. The quantitative estimate of drug-likeness (QED) is 0.132. The second-order valence-corrected chi connectivity index (χ2v) is 9.98. The first kappa shape index (κ1) is 30.3. The fraction of sp³-hybridized carbons (Fsp3) is 0.581. The van der Waals surface area contributed by atoms with Crippen LogP contribution in [-0.4, -0.2) is 29.1 Å². The van der Waals surface area contributed by atoms with E-state index in [1.807, 2.05) is 6.92 Å². The molecule has 0 amide bonds. The van der Waals surface area contributed by atoms with E-state index in [1.165, 1.54) is 44.3 Å². The molecule has 0 saturated heterocycles. The van der Waals surface area contributed by atoms with Gasteiger partial charge in [0, 0.05) is 12.0 Å². The number of hydrogen-bond donors (Lipinski definition) is 1. The average Bonchev–Trinajstić information content (AvgIpc) is 2.89. The predicted molar refractivity (Wildman–Crippen MR) is 145 cm³/mol. The number of unbranched alkanes of at least 4 members (excludes halogenated alkanes) is 8. The number of carbonyl (C=O) groups excluding carboxylic acids is 2. The monoisotopic (exact) mass is 512 g/mol. The van der Waals surface area contributed by atoms with Gasteiger partial charge in [0.1, 0.15) is 0 Å². The lowest BCUT2D eigenvalue weighted by Gasteiger charge is -2.32. The van der Waals surface area contributed by atoms with Crippen LogP contribution >= 0.6 is 0 Å². The number of aliphatic carboxylic acids is 1. The van der Waals surface area contributed by atoms with Gasteiger partial charge in [0.15, 0.2) is 5.60 Å². The molecule has 0 aromatic heterocycles. The Balaban J connectivity index is 2.15. The summed E-state index contributed by atoms with van der Waals surface area (Å²) in [5, 5.41) is 9.42. The summed E-state index contributed by atoms with van der Waals surface area (Å²) in [7, 11) is 0. The molecule has 1 aliphatic carbocycles. The van der Waals surface area contributed by atoms with Crippen LogP contribution in [0.2, 0.25) is 0 Å². The number of carboxylic acids is 1. The van der Waals surface area contributed by atoms with Gasteiger partial charge < -0.3 is 14.6 Å². The lowest BCUT2D eigenvalue weighted by molar-refractivity contribution is -0.152. The molecule has 204 valence electrons. The first-order valence-electron chi connectivity index (χ1n) is 14.0. The summed E-state index contributed by atoms with van der Waals surface area (Å²) < 4.78 is 11.7. The van der Waals surface area contributed by atoms with Crippen molar-refractivity contribution >= 4 is 17.9 Å². The molecule has 0 bridgehead atoms. The number of benzene rings is 1. The van der Waals surface area contributed by atoms with Crippen molar-refractivity contribution in [2.75, 3.05) is 0 Å². The van der Waals surface area contributed by atoms with Gasteiger partial charge in [0.2, 0.25) is 0 Å². The molecule has 1 aromatic rings. The van der Waals surface area contributed by atoms with Gasteiger partial charge in [-0.2, -0.15) is 0 Å².